The molecule has 49 heavy (non-hydrogen) atoms. The van der Waals surface area contributed by atoms with Crippen LogP contribution < -0.4 is 5.32 Å². The highest BCUT2D eigenvalue weighted by atomic mass is 14.9. The van der Waals surface area contributed by atoms with Gasteiger partial charge in [-0.2, -0.15) is 0 Å². The van der Waals surface area contributed by atoms with Gasteiger partial charge in [0.25, 0.3) is 0 Å². The van der Waals surface area contributed by atoms with Crippen LogP contribution in [-0.2, 0) is 0 Å². The maximum Gasteiger partial charge on any atom is 0.0470 e. The molecular formula is C48H33N. The van der Waals surface area contributed by atoms with Gasteiger partial charge in [0.2, 0.25) is 0 Å². The zero-order valence-electron chi connectivity index (χ0n) is 27.0. The predicted molar refractivity (Wildman–Crippen MR) is 210 cm³/mol. The Morgan fingerprint density at radius 3 is 1.22 bits per heavy atom. The fraction of sp³-hybridized carbons (Fsp3) is 0. The van der Waals surface area contributed by atoms with Crippen molar-refractivity contribution in [3.05, 3.63) is 194 Å². The third kappa shape index (κ3) is 5.42. The minimum atomic E-state index is 1.05. The number of nitrogens with one attached hydrogen (secondary N) is 1. The van der Waals surface area contributed by atoms with E-state index in [0.717, 1.165) is 16.9 Å². The lowest BCUT2D eigenvalue weighted by molar-refractivity contribution is 1.51. The Balaban J connectivity index is 1.21. The first-order valence-electron chi connectivity index (χ1n) is 16.8. The van der Waals surface area contributed by atoms with E-state index < -0.39 is 0 Å². The normalized spacial score (nSPS) is 11.3. The van der Waals surface area contributed by atoms with E-state index in [0.29, 0.717) is 0 Å². The number of anilines is 2. The topological polar surface area (TPSA) is 12.0 Å². The maximum absolute atomic E-state index is 3.89. The second-order valence-corrected chi connectivity index (χ2v) is 12.6. The summed E-state index contributed by atoms with van der Waals surface area (Å²) in [7, 11) is 0. The molecule has 0 heterocycles. The van der Waals surface area contributed by atoms with Crippen LogP contribution in [0.4, 0.5) is 11.4 Å². The van der Waals surface area contributed by atoms with Crippen molar-refractivity contribution >= 4 is 43.7 Å². The largest absolute Gasteiger partial charge is 0.355 e. The van der Waals surface area contributed by atoms with Crippen molar-refractivity contribution in [1.82, 2.24) is 0 Å². The minimum Gasteiger partial charge on any atom is -0.355 e. The predicted octanol–water partition coefficient (Wildman–Crippen LogP) is 13.6. The Labute approximate surface area is 286 Å². The highest BCUT2D eigenvalue weighted by molar-refractivity contribution is 6.25. The van der Waals surface area contributed by atoms with Crippen LogP contribution in [0.1, 0.15) is 0 Å². The van der Waals surface area contributed by atoms with Crippen molar-refractivity contribution in [2.45, 2.75) is 0 Å². The lowest BCUT2D eigenvalue weighted by Gasteiger charge is -2.17. The summed E-state index contributed by atoms with van der Waals surface area (Å²) in [5, 5.41) is 11.6. The van der Waals surface area contributed by atoms with Gasteiger partial charge in [-0.25, -0.2) is 0 Å². The fourth-order valence-corrected chi connectivity index (χ4v) is 7.23. The molecule has 0 aromatic heterocycles. The van der Waals surface area contributed by atoms with E-state index >= 15 is 0 Å². The Bertz CT molecular complexity index is 2510. The molecule has 230 valence electrons. The van der Waals surface area contributed by atoms with Crippen LogP contribution in [-0.4, -0.2) is 0 Å². The van der Waals surface area contributed by atoms with Gasteiger partial charge >= 0.3 is 0 Å². The van der Waals surface area contributed by atoms with Crippen LogP contribution in [0.15, 0.2) is 194 Å². The van der Waals surface area contributed by atoms with Crippen LogP contribution in [0.3, 0.4) is 0 Å². The van der Waals surface area contributed by atoms with Crippen molar-refractivity contribution in [3.8, 4) is 44.5 Å². The van der Waals surface area contributed by atoms with Gasteiger partial charge in [-0.1, -0.05) is 164 Å². The Morgan fingerprint density at radius 1 is 0.245 bits per heavy atom. The molecule has 0 unspecified atom stereocenters. The molecule has 0 saturated carbocycles. The van der Waals surface area contributed by atoms with Gasteiger partial charge < -0.3 is 5.32 Å². The highest BCUT2D eigenvalue weighted by Gasteiger charge is 2.13. The van der Waals surface area contributed by atoms with Crippen LogP contribution in [0.2, 0.25) is 0 Å². The minimum absolute atomic E-state index is 1.05. The van der Waals surface area contributed by atoms with Crippen LogP contribution >= 0.6 is 0 Å². The molecule has 0 bridgehead atoms. The van der Waals surface area contributed by atoms with E-state index in [1.807, 2.05) is 0 Å². The summed E-state index contributed by atoms with van der Waals surface area (Å²) in [4.78, 5) is 0. The fourth-order valence-electron chi connectivity index (χ4n) is 7.23. The van der Waals surface area contributed by atoms with E-state index in [2.05, 4.69) is 199 Å². The molecule has 0 atom stereocenters. The molecule has 1 nitrogen and oxygen atoms in total. The Kier molecular flexibility index (Phi) is 7.22. The van der Waals surface area contributed by atoms with E-state index in [4.69, 9.17) is 0 Å². The van der Waals surface area contributed by atoms with Crippen LogP contribution in [0, 0.1) is 0 Å². The zero-order chi connectivity index (χ0) is 32.6. The molecular weight excluding hydrogens is 591 g/mol. The van der Waals surface area contributed by atoms with Crippen LogP contribution in [0.25, 0.3) is 76.8 Å². The average molecular weight is 624 g/mol. The SMILES string of the molecule is c1ccc(-c2cc(Nc3cc(-c4ccc5c6ccccc6c6ccccc6c5c4)ccc3-c3ccccc3)cc(-c3ccccc3)c2)cc1. The van der Waals surface area contributed by atoms with Crippen molar-refractivity contribution in [1.29, 1.82) is 0 Å². The van der Waals surface area contributed by atoms with E-state index in [-0.39, 0.29) is 0 Å². The number of benzene rings is 9. The molecule has 0 fully saturated rings. The standard InChI is InChI=1S/C48H33N/c1-4-14-33(15-5-1)38-28-39(34-16-6-2-7-17-34)30-40(29-38)49-48-32-37(24-26-41(48)35-18-8-3-9-19-35)36-25-27-46-44-22-11-10-20-42(44)43-21-12-13-23-45(43)47(46)31-36/h1-32,49H. The smallest absolute Gasteiger partial charge is 0.0470 e. The molecule has 0 aliphatic carbocycles. The van der Waals surface area contributed by atoms with E-state index in [1.165, 1.54) is 71.3 Å². The zero-order valence-corrected chi connectivity index (χ0v) is 27.0. The Hall–Kier alpha value is -6.44. The summed E-state index contributed by atoms with van der Waals surface area (Å²) in [5.74, 6) is 0. The number of rotatable bonds is 6. The van der Waals surface area contributed by atoms with Gasteiger partial charge in [0.15, 0.2) is 0 Å². The molecule has 9 aromatic rings. The molecule has 0 aliphatic rings. The summed E-state index contributed by atoms with van der Waals surface area (Å²) in [6.07, 6.45) is 0. The van der Waals surface area contributed by atoms with Gasteiger partial charge in [-0.05, 0) is 102 Å². The third-order valence-electron chi connectivity index (χ3n) is 9.61. The van der Waals surface area contributed by atoms with Crippen molar-refractivity contribution in [2.75, 3.05) is 5.32 Å². The summed E-state index contributed by atoms with van der Waals surface area (Å²) in [5.41, 5.74) is 11.5. The Morgan fingerprint density at radius 2 is 0.673 bits per heavy atom. The monoisotopic (exact) mass is 623 g/mol. The summed E-state index contributed by atoms with van der Waals surface area (Å²) < 4.78 is 0. The van der Waals surface area contributed by atoms with Crippen molar-refractivity contribution in [2.24, 2.45) is 0 Å². The van der Waals surface area contributed by atoms with Crippen LogP contribution in [0.5, 0.6) is 0 Å². The molecule has 0 spiro atoms. The van der Waals surface area contributed by atoms with Gasteiger partial charge in [0.05, 0.1) is 0 Å². The highest BCUT2D eigenvalue weighted by Crippen LogP contribution is 2.40. The number of hydrogen-bond donors (Lipinski definition) is 1. The summed E-state index contributed by atoms with van der Waals surface area (Å²) in [6.45, 7) is 0. The molecule has 9 rings (SSSR count). The summed E-state index contributed by atoms with van der Waals surface area (Å²) >= 11 is 0. The molecule has 0 radical (unpaired) electrons. The molecule has 0 amide bonds. The molecule has 9 aromatic carbocycles. The average Bonchev–Trinajstić information content (AvgIpc) is 3.19. The van der Waals surface area contributed by atoms with Gasteiger partial charge in [-0.3, -0.25) is 0 Å². The first kappa shape index (κ1) is 28.8. The van der Waals surface area contributed by atoms with Gasteiger partial charge in [-0.15, -0.1) is 0 Å². The lowest BCUT2D eigenvalue weighted by atomic mass is 9.91. The second kappa shape index (κ2) is 12.3. The maximum atomic E-state index is 3.89. The molecule has 1 N–H and O–H groups in total. The van der Waals surface area contributed by atoms with Crippen molar-refractivity contribution in [3.63, 3.8) is 0 Å². The van der Waals surface area contributed by atoms with Crippen molar-refractivity contribution < 1.29 is 0 Å². The third-order valence-corrected chi connectivity index (χ3v) is 9.61. The van der Waals surface area contributed by atoms with Gasteiger partial charge in [0, 0.05) is 16.9 Å². The quantitative estimate of drug-likeness (QED) is 0.182. The van der Waals surface area contributed by atoms with E-state index in [1.54, 1.807) is 0 Å². The first-order chi connectivity index (χ1) is 24.3. The lowest BCUT2D eigenvalue weighted by Crippen LogP contribution is -1.96. The first-order valence-corrected chi connectivity index (χ1v) is 16.8. The second-order valence-electron chi connectivity index (χ2n) is 12.6. The molecule has 0 saturated heterocycles. The van der Waals surface area contributed by atoms with Gasteiger partial charge in [0.1, 0.15) is 0 Å². The summed E-state index contributed by atoms with van der Waals surface area (Å²) in [6, 6.07) is 70.0. The number of fused-ring (bicyclic) bond motifs is 6. The molecule has 0 aliphatic heterocycles. The molecule has 1 heteroatoms. The van der Waals surface area contributed by atoms with E-state index in [9.17, 15) is 0 Å². The number of hydrogen-bond acceptors (Lipinski definition) is 1.